The molecule has 0 radical (unpaired) electrons. The molecule has 1 atom stereocenters. The minimum Gasteiger partial charge on any atom is -0.502 e. The number of hydrogen-bond acceptors (Lipinski definition) is 5. The standard InChI is InChI=1S/C21H20N4O2/c1-12(2)26-19-10-7-13(11-18(19)23-3)21-24-20(25-27-21)16-6-4-5-15-14(16)8-9-17(15)22/h4-7,10-12,17H,8-9,22H2,1-2H3/t17-/m1/s1. The van der Waals surface area contributed by atoms with E-state index in [4.69, 9.17) is 21.6 Å². The normalized spacial score (nSPS) is 15.6. The first kappa shape index (κ1) is 17.3. The lowest BCUT2D eigenvalue weighted by atomic mass is 10.0. The number of rotatable bonds is 4. The fourth-order valence-corrected chi connectivity index (χ4v) is 3.44. The van der Waals surface area contributed by atoms with E-state index in [2.05, 4.69) is 21.1 Å². The van der Waals surface area contributed by atoms with Crippen LogP contribution in [0.3, 0.4) is 0 Å². The van der Waals surface area contributed by atoms with Gasteiger partial charge in [0.1, 0.15) is 5.75 Å². The second kappa shape index (κ2) is 6.86. The number of aromatic nitrogens is 2. The average Bonchev–Trinajstić information content (AvgIpc) is 3.29. The van der Waals surface area contributed by atoms with Crippen LogP contribution in [0.25, 0.3) is 27.7 Å². The Kier molecular flexibility index (Phi) is 4.38. The molecule has 2 aromatic carbocycles. The molecular formula is C21H20N4O2. The van der Waals surface area contributed by atoms with Crippen molar-refractivity contribution < 1.29 is 9.26 Å². The predicted molar refractivity (Wildman–Crippen MR) is 102 cm³/mol. The van der Waals surface area contributed by atoms with Crippen LogP contribution < -0.4 is 10.5 Å². The first-order valence-electron chi connectivity index (χ1n) is 8.97. The Bertz CT molecular complexity index is 1030. The van der Waals surface area contributed by atoms with Crippen molar-refractivity contribution in [3.05, 3.63) is 58.9 Å². The topological polar surface area (TPSA) is 78.5 Å². The zero-order chi connectivity index (χ0) is 19.0. The van der Waals surface area contributed by atoms with Gasteiger partial charge in [-0.3, -0.25) is 0 Å². The molecule has 0 saturated heterocycles. The van der Waals surface area contributed by atoms with Crippen LogP contribution in [0.5, 0.6) is 5.75 Å². The van der Waals surface area contributed by atoms with Crippen LogP contribution in [0.1, 0.15) is 37.4 Å². The van der Waals surface area contributed by atoms with Crippen LogP contribution in [0.4, 0.5) is 5.69 Å². The molecule has 136 valence electrons. The number of nitrogens with two attached hydrogens (primary N) is 1. The van der Waals surface area contributed by atoms with Gasteiger partial charge in [0, 0.05) is 17.2 Å². The van der Waals surface area contributed by atoms with Crippen molar-refractivity contribution in [2.24, 2.45) is 5.73 Å². The number of ether oxygens (including phenoxy) is 1. The summed E-state index contributed by atoms with van der Waals surface area (Å²) < 4.78 is 11.1. The molecule has 0 fully saturated rings. The van der Waals surface area contributed by atoms with Crippen LogP contribution in [0.2, 0.25) is 0 Å². The Hall–Kier alpha value is -3.17. The zero-order valence-corrected chi connectivity index (χ0v) is 15.3. The monoisotopic (exact) mass is 360 g/mol. The zero-order valence-electron chi connectivity index (χ0n) is 15.3. The lowest BCUT2D eigenvalue weighted by Crippen LogP contribution is -2.05. The van der Waals surface area contributed by atoms with E-state index in [1.165, 1.54) is 5.56 Å². The third kappa shape index (κ3) is 3.18. The predicted octanol–water partition coefficient (Wildman–Crippen LogP) is 4.69. The van der Waals surface area contributed by atoms with E-state index in [9.17, 15) is 0 Å². The summed E-state index contributed by atoms with van der Waals surface area (Å²) >= 11 is 0. The van der Waals surface area contributed by atoms with E-state index in [0.717, 1.165) is 24.0 Å². The van der Waals surface area contributed by atoms with Gasteiger partial charge >= 0.3 is 0 Å². The number of hydrogen-bond donors (Lipinski definition) is 1. The molecule has 1 aliphatic rings. The molecule has 6 nitrogen and oxygen atoms in total. The van der Waals surface area contributed by atoms with E-state index in [0.29, 0.717) is 28.7 Å². The summed E-state index contributed by atoms with van der Waals surface area (Å²) in [7, 11) is 0. The summed E-state index contributed by atoms with van der Waals surface area (Å²) in [5, 5.41) is 4.16. The van der Waals surface area contributed by atoms with Gasteiger partial charge in [-0.05, 0) is 56.0 Å². The van der Waals surface area contributed by atoms with Crippen molar-refractivity contribution in [1.82, 2.24) is 10.1 Å². The van der Waals surface area contributed by atoms with Crippen LogP contribution >= 0.6 is 0 Å². The van der Waals surface area contributed by atoms with Crippen LogP contribution in [0, 0.1) is 6.57 Å². The molecule has 0 unspecified atom stereocenters. The van der Waals surface area contributed by atoms with E-state index in [-0.39, 0.29) is 12.1 Å². The molecule has 3 aromatic rings. The van der Waals surface area contributed by atoms with Gasteiger partial charge in [-0.1, -0.05) is 23.4 Å². The van der Waals surface area contributed by atoms with Crippen molar-refractivity contribution in [2.45, 2.75) is 38.8 Å². The van der Waals surface area contributed by atoms with Crippen molar-refractivity contribution in [3.63, 3.8) is 0 Å². The van der Waals surface area contributed by atoms with Gasteiger partial charge in [-0.2, -0.15) is 4.98 Å². The van der Waals surface area contributed by atoms with Gasteiger partial charge in [0.2, 0.25) is 11.5 Å². The Labute approximate surface area is 157 Å². The Morgan fingerprint density at radius 2 is 2.15 bits per heavy atom. The largest absolute Gasteiger partial charge is 0.502 e. The van der Waals surface area contributed by atoms with Gasteiger partial charge < -0.3 is 15.0 Å². The third-order valence-electron chi connectivity index (χ3n) is 4.67. The van der Waals surface area contributed by atoms with Gasteiger partial charge in [-0.25, -0.2) is 4.85 Å². The smallest absolute Gasteiger partial charge is 0.256 e. The maximum atomic E-state index is 7.40. The van der Waals surface area contributed by atoms with Crippen LogP contribution in [-0.4, -0.2) is 16.2 Å². The molecule has 0 aliphatic heterocycles. The molecule has 0 bridgehead atoms. The van der Waals surface area contributed by atoms with E-state index >= 15 is 0 Å². The first-order valence-corrected chi connectivity index (χ1v) is 8.97. The van der Waals surface area contributed by atoms with Crippen molar-refractivity contribution in [2.75, 3.05) is 0 Å². The summed E-state index contributed by atoms with van der Waals surface area (Å²) in [6.07, 6.45) is 1.85. The molecule has 6 heteroatoms. The van der Waals surface area contributed by atoms with E-state index < -0.39 is 0 Å². The molecule has 1 heterocycles. The number of benzene rings is 2. The highest BCUT2D eigenvalue weighted by atomic mass is 16.5. The molecule has 0 amide bonds. The van der Waals surface area contributed by atoms with Crippen molar-refractivity contribution in [3.8, 4) is 28.6 Å². The van der Waals surface area contributed by atoms with Crippen molar-refractivity contribution >= 4 is 5.69 Å². The Morgan fingerprint density at radius 3 is 2.93 bits per heavy atom. The fraction of sp³-hybridized carbons (Fsp3) is 0.286. The maximum absolute atomic E-state index is 7.40. The number of nitrogens with zero attached hydrogens (tertiary/aromatic N) is 3. The van der Waals surface area contributed by atoms with Gasteiger partial charge in [0.05, 0.1) is 12.7 Å². The van der Waals surface area contributed by atoms with Gasteiger partial charge in [0.25, 0.3) is 5.89 Å². The molecule has 0 saturated carbocycles. The van der Waals surface area contributed by atoms with Crippen LogP contribution in [-0.2, 0) is 6.42 Å². The van der Waals surface area contributed by atoms with E-state index in [1.54, 1.807) is 12.1 Å². The van der Waals surface area contributed by atoms with E-state index in [1.807, 2.05) is 32.0 Å². The first-order chi connectivity index (χ1) is 13.1. The molecule has 4 rings (SSSR count). The highest BCUT2D eigenvalue weighted by Gasteiger charge is 2.24. The van der Waals surface area contributed by atoms with Crippen molar-refractivity contribution in [1.29, 1.82) is 0 Å². The van der Waals surface area contributed by atoms with Gasteiger partial charge in [0.15, 0.2) is 0 Å². The minimum atomic E-state index is -0.00194. The molecule has 2 N–H and O–H groups in total. The maximum Gasteiger partial charge on any atom is 0.256 e. The SMILES string of the molecule is [C-]#[N+]c1cc(-c2nc(-c3cccc4c3CC[C@H]4N)no2)ccc1OC(C)C. The molecule has 1 aromatic heterocycles. The molecule has 1 aliphatic carbocycles. The van der Waals surface area contributed by atoms with Gasteiger partial charge in [-0.15, -0.1) is 0 Å². The summed E-state index contributed by atoms with van der Waals surface area (Å²) in [4.78, 5) is 8.11. The molecule has 0 spiro atoms. The lowest BCUT2D eigenvalue weighted by Gasteiger charge is -2.11. The quantitative estimate of drug-likeness (QED) is 0.683. The highest BCUT2D eigenvalue weighted by Crippen LogP contribution is 2.37. The highest BCUT2D eigenvalue weighted by molar-refractivity contribution is 5.70. The summed E-state index contributed by atoms with van der Waals surface area (Å²) in [5.41, 5.74) is 10.6. The lowest BCUT2D eigenvalue weighted by molar-refractivity contribution is 0.244. The fourth-order valence-electron chi connectivity index (χ4n) is 3.44. The average molecular weight is 360 g/mol. The Morgan fingerprint density at radius 1 is 1.30 bits per heavy atom. The summed E-state index contributed by atoms with van der Waals surface area (Å²) in [6, 6.07) is 11.4. The third-order valence-corrected chi connectivity index (χ3v) is 4.67. The summed E-state index contributed by atoms with van der Waals surface area (Å²) in [5.74, 6) is 1.48. The minimum absolute atomic E-state index is 0.00194. The molecular weight excluding hydrogens is 340 g/mol. The van der Waals surface area contributed by atoms with Crippen LogP contribution in [0.15, 0.2) is 40.9 Å². The Balaban J connectivity index is 1.69. The summed E-state index contributed by atoms with van der Waals surface area (Å²) in [6.45, 7) is 11.3. The second-order valence-corrected chi connectivity index (χ2v) is 6.90. The molecule has 27 heavy (non-hydrogen) atoms. The number of fused-ring (bicyclic) bond motifs is 1. The second-order valence-electron chi connectivity index (χ2n) is 6.90.